The van der Waals surface area contributed by atoms with E-state index in [4.69, 9.17) is 4.98 Å². The molecule has 0 aliphatic carbocycles. The number of hydrogen-bond donors (Lipinski definition) is 0. The molecule has 6 nitrogen and oxygen atoms in total. The van der Waals surface area contributed by atoms with E-state index in [2.05, 4.69) is 83.0 Å². The van der Waals surface area contributed by atoms with Crippen molar-refractivity contribution < 1.29 is 0 Å². The molecule has 0 amide bonds. The van der Waals surface area contributed by atoms with Crippen LogP contribution < -0.4 is 4.90 Å². The first kappa shape index (κ1) is 17.9. The van der Waals surface area contributed by atoms with E-state index in [1.54, 1.807) is 0 Å². The number of aryl methyl sites for hydroxylation is 1. The van der Waals surface area contributed by atoms with Crippen molar-refractivity contribution in [2.45, 2.75) is 32.2 Å². The molecular weight excluding hydrogens is 336 g/mol. The normalized spacial score (nSPS) is 17.8. The molecule has 1 saturated heterocycles. The van der Waals surface area contributed by atoms with Crippen LogP contribution in [0.3, 0.4) is 0 Å². The van der Waals surface area contributed by atoms with E-state index in [1.807, 2.05) is 0 Å². The van der Waals surface area contributed by atoms with Crippen molar-refractivity contribution in [3.05, 3.63) is 47.7 Å². The zero-order chi connectivity index (χ0) is 19.0. The standard InChI is InChI=1S/C21H28N6/c1-15-12-19(17-9-5-6-10-18(17)22-15)27-11-7-8-16(13-27)21-24-23-20(26(21)4)14-25(2)3/h5-6,9-10,12,16H,7-8,11,13-14H2,1-4H3/t16-/m1/s1. The third-order valence-corrected chi connectivity index (χ3v) is 5.41. The lowest BCUT2D eigenvalue weighted by Gasteiger charge is -2.34. The SMILES string of the molecule is Cc1cc(N2CCC[C@@H](c3nnc(CN(C)C)n3C)C2)c2ccccc2n1. The third-order valence-electron chi connectivity index (χ3n) is 5.41. The molecule has 142 valence electrons. The number of fused-ring (bicyclic) bond motifs is 1. The Hall–Kier alpha value is -2.47. The van der Waals surface area contributed by atoms with E-state index in [9.17, 15) is 0 Å². The zero-order valence-electron chi connectivity index (χ0n) is 16.7. The van der Waals surface area contributed by atoms with E-state index in [0.717, 1.165) is 55.3 Å². The Morgan fingerprint density at radius 2 is 2.00 bits per heavy atom. The van der Waals surface area contributed by atoms with Gasteiger partial charge in [-0.3, -0.25) is 4.98 Å². The summed E-state index contributed by atoms with van der Waals surface area (Å²) >= 11 is 0. The summed E-state index contributed by atoms with van der Waals surface area (Å²) in [7, 11) is 6.22. The smallest absolute Gasteiger partial charge is 0.146 e. The number of aromatic nitrogens is 4. The second kappa shape index (κ2) is 7.27. The second-order valence-electron chi connectivity index (χ2n) is 7.86. The number of hydrogen-bond acceptors (Lipinski definition) is 5. The van der Waals surface area contributed by atoms with Crippen LogP contribution in [0.5, 0.6) is 0 Å². The maximum atomic E-state index is 4.70. The molecule has 1 aliphatic heterocycles. The Labute approximate surface area is 160 Å². The van der Waals surface area contributed by atoms with Gasteiger partial charge in [0.05, 0.1) is 12.1 Å². The maximum absolute atomic E-state index is 4.70. The van der Waals surface area contributed by atoms with E-state index >= 15 is 0 Å². The van der Waals surface area contributed by atoms with E-state index in [0.29, 0.717) is 5.92 Å². The minimum atomic E-state index is 0.402. The Morgan fingerprint density at radius 1 is 1.19 bits per heavy atom. The van der Waals surface area contributed by atoms with Gasteiger partial charge in [-0.05, 0) is 46.0 Å². The van der Waals surface area contributed by atoms with Crippen molar-refractivity contribution in [3.63, 3.8) is 0 Å². The first-order valence-electron chi connectivity index (χ1n) is 9.67. The van der Waals surface area contributed by atoms with Crippen LogP contribution in [0.1, 0.15) is 36.1 Å². The highest BCUT2D eigenvalue weighted by atomic mass is 15.3. The molecule has 3 aromatic rings. The Bertz CT molecular complexity index is 945. The molecule has 27 heavy (non-hydrogen) atoms. The lowest BCUT2D eigenvalue weighted by Crippen LogP contribution is -2.35. The van der Waals surface area contributed by atoms with Crippen LogP contribution in [-0.2, 0) is 13.6 Å². The lowest BCUT2D eigenvalue weighted by molar-refractivity contribution is 0.382. The second-order valence-corrected chi connectivity index (χ2v) is 7.86. The van der Waals surface area contributed by atoms with Crippen LogP contribution in [0.4, 0.5) is 5.69 Å². The van der Waals surface area contributed by atoms with Crippen LogP contribution in [-0.4, -0.2) is 51.8 Å². The fourth-order valence-corrected chi connectivity index (χ4v) is 4.11. The first-order valence-corrected chi connectivity index (χ1v) is 9.67. The van der Waals surface area contributed by atoms with Crippen LogP contribution >= 0.6 is 0 Å². The summed E-state index contributed by atoms with van der Waals surface area (Å²) < 4.78 is 2.18. The fourth-order valence-electron chi connectivity index (χ4n) is 4.11. The number of rotatable bonds is 4. The molecule has 4 rings (SSSR count). The third kappa shape index (κ3) is 3.54. The number of anilines is 1. The summed E-state index contributed by atoms with van der Waals surface area (Å²) in [4.78, 5) is 9.33. The molecule has 2 aromatic heterocycles. The Balaban J connectivity index is 1.64. The van der Waals surface area contributed by atoms with E-state index < -0.39 is 0 Å². The van der Waals surface area contributed by atoms with Gasteiger partial charge >= 0.3 is 0 Å². The molecule has 0 saturated carbocycles. The predicted octanol–water partition coefficient (Wildman–Crippen LogP) is 3.12. The summed E-state index contributed by atoms with van der Waals surface area (Å²) in [5.41, 5.74) is 3.43. The van der Waals surface area contributed by atoms with Crippen molar-refractivity contribution >= 4 is 16.6 Å². The molecule has 0 radical (unpaired) electrons. The molecule has 1 fully saturated rings. The van der Waals surface area contributed by atoms with Gasteiger partial charge in [-0.1, -0.05) is 18.2 Å². The molecule has 1 atom stereocenters. The molecule has 0 bridgehead atoms. The van der Waals surface area contributed by atoms with Gasteiger partial charge in [-0.15, -0.1) is 10.2 Å². The summed E-state index contributed by atoms with van der Waals surface area (Å²) in [5.74, 6) is 2.53. The van der Waals surface area contributed by atoms with Crippen molar-refractivity contribution in [2.24, 2.45) is 7.05 Å². The fraction of sp³-hybridized carbons (Fsp3) is 0.476. The lowest BCUT2D eigenvalue weighted by atomic mass is 9.96. The average Bonchev–Trinajstić information content (AvgIpc) is 3.01. The predicted molar refractivity (Wildman–Crippen MR) is 109 cm³/mol. The maximum Gasteiger partial charge on any atom is 0.146 e. The minimum Gasteiger partial charge on any atom is -0.370 e. The largest absolute Gasteiger partial charge is 0.370 e. The average molecular weight is 364 g/mol. The molecule has 1 aromatic carbocycles. The van der Waals surface area contributed by atoms with Crippen molar-refractivity contribution in [1.29, 1.82) is 0 Å². The Kier molecular flexibility index (Phi) is 4.83. The van der Waals surface area contributed by atoms with Crippen molar-refractivity contribution in [2.75, 3.05) is 32.1 Å². The monoisotopic (exact) mass is 364 g/mol. The van der Waals surface area contributed by atoms with E-state index in [1.165, 1.54) is 11.1 Å². The van der Waals surface area contributed by atoms with Gasteiger partial charge in [0.25, 0.3) is 0 Å². The van der Waals surface area contributed by atoms with Crippen molar-refractivity contribution in [1.82, 2.24) is 24.6 Å². The summed E-state index contributed by atoms with van der Waals surface area (Å²) in [6.07, 6.45) is 2.32. The van der Waals surface area contributed by atoms with Gasteiger partial charge in [-0.2, -0.15) is 0 Å². The minimum absolute atomic E-state index is 0.402. The van der Waals surface area contributed by atoms with Gasteiger partial charge < -0.3 is 14.4 Å². The molecular formula is C21H28N6. The van der Waals surface area contributed by atoms with Gasteiger partial charge in [0.1, 0.15) is 11.6 Å². The summed E-state index contributed by atoms with van der Waals surface area (Å²) in [6, 6.07) is 10.7. The summed E-state index contributed by atoms with van der Waals surface area (Å²) in [6.45, 7) is 4.94. The molecule has 0 spiro atoms. The topological polar surface area (TPSA) is 50.1 Å². The number of benzene rings is 1. The highest BCUT2D eigenvalue weighted by Gasteiger charge is 2.27. The number of para-hydroxylation sites is 1. The molecule has 0 N–H and O–H groups in total. The van der Waals surface area contributed by atoms with Crippen molar-refractivity contribution in [3.8, 4) is 0 Å². The van der Waals surface area contributed by atoms with Crippen LogP contribution in [0.2, 0.25) is 0 Å². The van der Waals surface area contributed by atoms with E-state index in [-0.39, 0.29) is 0 Å². The van der Waals surface area contributed by atoms with Gasteiger partial charge in [-0.25, -0.2) is 0 Å². The number of piperidine rings is 1. The van der Waals surface area contributed by atoms with Gasteiger partial charge in [0, 0.05) is 42.8 Å². The zero-order valence-corrected chi connectivity index (χ0v) is 16.7. The molecule has 1 aliphatic rings. The van der Waals surface area contributed by atoms with Crippen LogP contribution in [0.25, 0.3) is 10.9 Å². The summed E-state index contributed by atoms with van der Waals surface area (Å²) in [5, 5.41) is 10.2. The Morgan fingerprint density at radius 3 is 2.81 bits per heavy atom. The van der Waals surface area contributed by atoms with Crippen LogP contribution in [0, 0.1) is 6.92 Å². The quantitative estimate of drug-likeness (QED) is 0.712. The van der Waals surface area contributed by atoms with Gasteiger partial charge in [0.15, 0.2) is 0 Å². The number of nitrogens with zero attached hydrogens (tertiary/aromatic N) is 6. The molecule has 6 heteroatoms. The highest BCUT2D eigenvalue weighted by molar-refractivity contribution is 5.92. The molecule has 3 heterocycles. The first-order chi connectivity index (χ1) is 13.0. The van der Waals surface area contributed by atoms with Gasteiger partial charge in [0.2, 0.25) is 0 Å². The highest BCUT2D eigenvalue weighted by Crippen LogP contribution is 2.33. The molecule has 0 unspecified atom stereocenters. The van der Waals surface area contributed by atoms with Crippen LogP contribution in [0.15, 0.2) is 30.3 Å². The number of pyridine rings is 1.